The van der Waals surface area contributed by atoms with E-state index in [1.807, 2.05) is 6.08 Å². The summed E-state index contributed by atoms with van der Waals surface area (Å²) in [7, 11) is -4.15. The van der Waals surface area contributed by atoms with Crippen LogP contribution in [0.4, 0.5) is 5.69 Å². The molecule has 0 saturated carbocycles. The number of rotatable bonds is 6. The Morgan fingerprint density at radius 2 is 1.65 bits per heavy atom. The molecule has 1 N–H and O–H groups in total. The fourth-order valence-electron chi connectivity index (χ4n) is 5.84. The molecule has 1 aliphatic heterocycles. The lowest BCUT2D eigenvalue weighted by atomic mass is 9.71. The highest BCUT2D eigenvalue weighted by Gasteiger charge is 2.37. The standard InChI is InChI=1S/C28H36N2O3S/c1-8-29(9-2)22-12-11-19-13-20-14-23-21(18-34(31,32)33)17-27(4,5)30(10-3)26(23)16-25(20)28(6,7)24(19)15-22/h11-17H,8-10,18H2,1-7H3/p+1. The third-order valence-corrected chi connectivity index (χ3v) is 8.18. The zero-order chi connectivity index (χ0) is 25.1. The normalized spacial score (nSPS) is 17.8. The van der Waals surface area contributed by atoms with Gasteiger partial charge in [0.05, 0.1) is 5.56 Å². The maximum Gasteiger partial charge on any atom is 0.269 e. The van der Waals surface area contributed by atoms with Gasteiger partial charge in [-0.05, 0) is 78.6 Å². The molecule has 0 bridgehead atoms. The highest BCUT2D eigenvalue weighted by molar-refractivity contribution is 7.86. The first-order valence-corrected chi connectivity index (χ1v) is 13.8. The van der Waals surface area contributed by atoms with Gasteiger partial charge in [0.1, 0.15) is 12.3 Å². The molecule has 1 heterocycles. The number of anilines is 1. The Morgan fingerprint density at radius 3 is 2.24 bits per heavy atom. The molecule has 0 fully saturated rings. The van der Waals surface area contributed by atoms with Crippen LogP contribution in [0.25, 0.3) is 11.6 Å². The van der Waals surface area contributed by atoms with E-state index in [0.717, 1.165) is 35.8 Å². The van der Waals surface area contributed by atoms with E-state index in [9.17, 15) is 13.0 Å². The van der Waals surface area contributed by atoms with Crippen LogP contribution in [0.5, 0.6) is 0 Å². The maximum atomic E-state index is 11.9. The van der Waals surface area contributed by atoms with Gasteiger partial charge in [0.25, 0.3) is 10.1 Å². The van der Waals surface area contributed by atoms with Crippen LogP contribution in [0.3, 0.4) is 0 Å². The fraction of sp³-hybridized carbons (Fsp3) is 0.464. The predicted octanol–water partition coefficient (Wildman–Crippen LogP) is 3.58. The minimum atomic E-state index is -4.15. The van der Waals surface area contributed by atoms with Crippen molar-refractivity contribution in [1.82, 2.24) is 4.58 Å². The molecule has 6 heteroatoms. The van der Waals surface area contributed by atoms with Crippen molar-refractivity contribution < 1.29 is 13.0 Å². The average Bonchev–Trinajstić information content (AvgIpc) is 2.73. The minimum absolute atomic E-state index is 0.217. The van der Waals surface area contributed by atoms with Crippen LogP contribution in [-0.4, -0.2) is 43.9 Å². The van der Waals surface area contributed by atoms with Gasteiger partial charge in [-0.3, -0.25) is 4.55 Å². The molecule has 4 rings (SSSR count). The summed E-state index contributed by atoms with van der Waals surface area (Å²) in [6.45, 7) is 17.9. The second-order valence-corrected chi connectivity index (χ2v) is 11.9. The van der Waals surface area contributed by atoms with Gasteiger partial charge in [0.2, 0.25) is 5.36 Å². The van der Waals surface area contributed by atoms with E-state index < -0.39 is 10.1 Å². The Hall–Kier alpha value is -2.44. The summed E-state index contributed by atoms with van der Waals surface area (Å²) in [4.78, 5) is 2.37. The third-order valence-electron chi connectivity index (χ3n) is 7.51. The van der Waals surface area contributed by atoms with Crippen LogP contribution in [0, 0.1) is 0 Å². The van der Waals surface area contributed by atoms with Gasteiger partial charge in [-0.25, -0.2) is 4.58 Å². The smallest absolute Gasteiger partial charge is 0.269 e. The van der Waals surface area contributed by atoms with E-state index in [1.54, 1.807) is 0 Å². The zero-order valence-corrected chi connectivity index (χ0v) is 22.3. The highest BCUT2D eigenvalue weighted by atomic mass is 32.2. The van der Waals surface area contributed by atoms with Crippen molar-refractivity contribution in [3.05, 3.63) is 69.2 Å². The van der Waals surface area contributed by atoms with Gasteiger partial charge in [0.15, 0.2) is 5.54 Å². The lowest BCUT2D eigenvalue weighted by Gasteiger charge is -2.34. The molecule has 0 radical (unpaired) electrons. The number of nitrogens with zero attached hydrogens (tertiary/aromatic N) is 2. The molecular weight excluding hydrogens is 444 g/mol. The first-order valence-electron chi connectivity index (χ1n) is 12.2. The number of likely N-dealkylation sites (N-methyl/N-ethyl adjacent to an activating group) is 1. The lowest BCUT2D eigenvalue weighted by molar-refractivity contribution is 0.401. The molecule has 0 amide bonds. The largest absolute Gasteiger partial charge is 0.372 e. The van der Waals surface area contributed by atoms with Crippen LogP contribution in [0.15, 0.2) is 36.4 Å². The van der Waals surface area contributed by atoms with Crippen LogP contribution >= 0.6 is 0 Å². The van der Waals surface area contributed by atoms with E-state index in [2.05, 4.69) is 94.3 Å². The van der Waals surface area contributed by atoms with E-state index in [0.29, 0.717) is 5.57 Å². The monoisotopic (exact) mass is 481 g/mol. The molecule has 0 atom stereocenters. The van der Waals surface area contributed by atoms with Crippen molar-refractivity contribution in [2.75, 3.05) is 30.3 Å². The van der Waals surface area contributed by atoms with Crippen LogP contribution in [0.2, 0.25) is 0 Å². The van der Waals surface area contributed by atoms with Crippen LogP contribution in [-0.2, 0) is 15.5 Å². The first-order chi connectivity index (χ1) is 15.8. The molecule has 34 heavy (non-hydrogen) atoms. The summed E-state index contributed by atoms with van der Waals surface area (Å²) in [5, 5.41) is 2.13. The van der Waals surface area contributed by atoms with Crippen molar-refractivity contribution in [2.24, 2.45) is 0 Å². The predicted molar refractivity (Wildman–Crippen MR) is 142 cm³/mol. The summed E-state index contributed by atoms with van der Waals surface area (Å²) in [6.07, 6.45) is 4.20. The molecule has 2 aliphatic rings. The van der Waals surface area contributed by atoms with Gasteiger partial charge in [-0.1, -0.05) is 19.9 Å². The van der Waals surface area contributed by atoms with Gasteiger partial charge >= 0.3 is 0 Å². The SMILES string of the molecule is CCN(CC)c1ccc2c(c1)C(C)(C)c1cc3c(cc1=C2)C(CS(=O)(=O)O)=CC(C)(C)[N+]=3CC. The lowest BCUT2D eigenvalue weighted by Crippen LogP contribution is -2.50. The van der Waals surface area contributed by atoms with Gasteiger partial charge < -0.3 is 4.90 Å². The summed E-state index contributed by atoms with van der Waals surface area (Å²) >= 11 is 0. The topological polar surface area (TPSA) is 60.6 Å². The molecule has 0 spiro atoms. The molecule has 5 nitrogen and oxygen atoms in total. The summed E-state index contributed by atoms with van der Waals surface area (Å²) < 4.78 is 35.7. The van der Waals surface area contributed by atoms with Crippen molar-refractivity contribution >= 4 is 27.5 Å². The maximum absolute atomic E-state index is 11.9. The number of hydrogen-bond acceptors (Lipinski definition) is 3. The highest BCUT2D eigenvalue weighted by Crippen LogP contribution is 2.37. The Kier molecular flexibility index (Phi) is 6.06. The Morgan fingerprint density at radius 1 is 0.971 bits per heavy atom. The summed E-state index contributed by atoms with van der Waals surface area (Å²) in [5.41, 5.74) is 5.92. The zero-order valence-electron chi connectivity index (χ0n) is 21.4. The Bertz CT molecular complexity index is 1410. The molecule has 0 aromatic heterocycles. The molecule has 2 aromatic carbocycles. The summed E-state index contributed by atoms with van der Waals surface area (Å²) in [6, 6.07) is 11.1. The second-order valence-electron chi connectivity index (χ2n) is 10.5. The van der Waals surface area contributed by atoms with E-state index in [4.69, 9.17) is 0 Å². The molecule has 0 unspecified atom stereocenters. The number of benzene rings is 2. The van der Waals surface area contributed by atoms with Gasteiger partial charge in [-0.2, -0.15) is 8.42 Å². The van der Waals surface area contributed by atoms with Crippen LogP contribution in [0.1, 0.15) is 70.7 Å². The molecule has 2 aromatic rings. The van der Waals surface area contributed by atoms with E-state index >= 15 is 0 Å². The Balaban J connectivity index is 2.02. The third kappa shape index (κ3) is 4.11. The molecule has 1 aliphatic carbocycles. The number of hydrogen-bond donors (Lipinski definition) is 1. The number of fused-ring (bicyclic) bond motifs is 3. The second kappa shape index (κ2) is 8.35. The molecular formula is C28H37N2O3S+. The quantitative estimate of drug-likeness (QED) is 0.506. The van der Waals surface area contributed by atoms with Crippen LogP contribution < -0.4 is 20.1 Å². The molecule has 182 valence electrons. The van der Waals surface area contributed by atoms with Gasteiger partial charge in [-0.15, -0.1) is 0 Å². The van der Waals surface area contributed by atoms with Crippen molar-refractivity contribution in [3.63, 3.8) is 0 Å². The van der Waals surface area contributed by atoms with E-state index in [-0.39, 0.29) is 16.7 Å². The van der Waals surface area contributed by atoms with Gasteiger partial charge in [0, 0.05) is 44.1 Å². The van der Waals surface area contributed by atoms with Crippen molar-refractivity contribution in [3.8, 4) is 0 Å². The van der Waals surface area contributed by atoms with Crippen molar-refractivity contribution in [2.45, 2.75) is 59.4 Å². The Labute approximate surface area is 203 Å². The van der Waals surface area contributed by atoms with Crippen molar-refractivity contribution in [1.29, 1.82) is 0 Å². The first kappa shape index (κ1) is 24.7. The molecule has 0 saturated heterocycles. The minimum Gasteiger partial charge on any atom is -0.372 e. The average molecular weight is 482 g/mol. The fourth-order valence-corrected chi connectivity index (χ4v) is 6.47. The van der Waals surface area contributed by atoms with E-state index in [1.165, 1.54) is 22.4 Å². The summed E-state index contributed by atoms with van der Waals surface area (Å²) in [5.74, 6) is -0.382.